The van der Waals surface area contributed by atoms with Crippen molar-refractivity contribution in [1.29, 1.82) is 5.26 Å². The van der Waals surface area contributed by atoms with Gasteiger partial charge in [0, 0.05) is 0 Å². The molecule has 10 heteroatoms. The summed E-state index contributed by atoms with van der Waals surface area (Å²) in [5.74, 6) is 0.499. The maximum atomic E-state index is 11.0. The van der Waals surface area contributed by atoms with Crippen molar-refractivity contribution in [2.75, 3.05) is 13.4 Å². The summed E-state index contributed by atoms with van der Waals surface area (Å²) in [6.07, 6.45) is 2.13. The molecule has 9 nitrogen and oxygen atoms in total. The van der Waals surface area contributed by atoms with Gasteiger partial charge >= 0.3 is 5.88 Å². The molecule has 3 heterocycles. The first-order chi connectivity index (χ1) is 14.0. The summed E-state index contributed by atoms with van der Waals surface area (Å²) < 4.78 is 10.7. The number of nitro groups is 1. The Balaban J connectivity index is 1.71. The van der Waals surface area contributed by atoms with Crippen molar-refractivity contribution < 1.29 is 14.1 Å². The van der Waals surface area contributed by atoms with Gasteiger partial charge in [-0.2, -0.15) is 10.4 Å². The number of nitriles is 1. The predicted molar refractivity (Wildman–Crippen MR) is 107 cm³/mol. The second-order valence-electron chi connectivity index (χ2n) is 6.75. The molecule has 4 atom stereocenters. The van der Waals surface area contributed by atoms with Crippen LogP contribution in [0.2, 0.25) is 0 Å². The molecule has 1 aromatic carbocycles. The average molecular weight is 413 g/mol. The van der Waals surface area contributed by atoms with Crippen molar-refractivity contribution in [2.45, 2.75) is 24.7 Å². The molecule has 0 bridgehead atoms. The van der Waals surface area contributed by atoms with Crippen molar-refractivity contribution >= 4 is 22.7 Å². The minimum Gasteiger partial charge on any atom is -0.497 e. The third-order valence-electron chi connectivity index (χ3n) is 5.22. The molecule has 4 unspecified atom stereocenters. The van der Waals surface area contributed by atoms with Gasteiger partial charge in [-0.25, -0.2) is 0 Å². The van der Waals surface area contributed by atoms with E-state index in [1.807, 2.05) is 35.5 Å². The molecule has 2 aliphatic rings. The topological polar surface area (TPSA) is 117 Å². The van der Waals surface area contributed by atoms with Crippen LogP contribution in [0.3, 0.4) is 0 Å². The molecule has 4 rings (SSSR count). The second-order valence-corrected chi connectivity index (χ2v) is 7.58. The number of thioether (sulfide) groups is 1. The van der Waals surface area contributed by atoms with Crippen LogP contribution in [0.1, 0.15) is 29.8 Å². The number of nitrogens with one attached hydrogen (secondary N) is 1. The zero-order valence-corrected chi connectivity index (χ0v) is 16.6. The SMILES string of the molecule is COc1ccc(C2CC(c3ccc([N+](=O)[O-])o3)NC3C(C#N)C(SC)=NN23)cc1. The fourth-order valence-corrected chi connectivity index (χ4v) is 4.41. The second kappa shape index (κ2) is 7.77. The molecule has 0 aliphatic carbocycles. The van der Waals surface area contributed by atoms with Crippen LogP contribution in [0.15, 0.2) is 45.9 Å². The highest BCUT2D eigenvalue weighted by atomic mass is 32.2. The van der Waals surface area contributed by atoms with Gasteiger partial charge in [-0.3, -0.25) is 20.4 Å². The summed E-state index contributed by atoms with van der Waals surface area (Å²) in [6.45, 7) is 0. The highest BCUT2D eigenvalue weighted by Crippen LogP contribution is 2.43. The Morgan fingerprint density at radius 2 is 2.14 bits per heavy atom. The summed E-state index contributed by atoms with van der Waals surface area (Å²) in [5.41, 5.74) is 1.02. The third kappa shape index (κ3) is 3.43. The lowest BCUT2D eigenvalue weighted by molar-refractivity contribution is -0.402. The molecular weight excluding hydrogens is 394 g/mol. The number of nitrogens with zero attached hydrogens (tertiary/aromatic N) is 4. The Morgan fingerprint density at radius 3 is 2.72 bits per heavy atom. The van der Waals surface area contributed by atoms with Crippen LogP contribution >= 0.6 is 11.8 Å². The van der Waals surface area contributed by atoms with E-state index >= 15 is 0 Å². The number of hydrogen-bond donors (Lipinski definition) is 1. The van der Waals surface area contributed by atoms with Crippen molar-refractivity contribution in [2.24, 2.45) is 11.0 Å². The Bertz CT molecular complexity index is 983. The van der Waals surface area contributed by atoms with Gasteiger partial charge < -0.3 is 9.15 Å². The minimum atomic E-state index is -0.553. The van der Waals surface area contributed by atoms with Crippen molar-refractivity contribution in [3.63, 3.8) is 0 Å². The molecule has 1 fully saturated rings. The summed E-state index contributed by atoms with van der Waals surface area (Å²) in [4.78, 5) is 10.5. The molecule has 2 aliphatic heterocycles. The molecule has 150 valence electrons. The fourth-order valence-electron chi connectivity index (χ4n) is 3.80. The van der Waals surface area contributed by atoms with Crippen LogP contribution in [-0.4, -0.2) is 34.5 Å². The summed E-state index contributed by atoms with van der Waals surface area (Å²) in [5, 5.41) is 31.5. The van der Waals surface area contributed by atoms with E-state index in [1.165, 1.54) is 17.8 Å². The van der Waals surface area contributed by atoms with E-state index in [9.17, 15) is 15.4 Å². The maximum absolute atomic E-state index is 11.0. The van der Waals surface area contributed by atoms with Crippen molar-refractivity contribution in [3.8, 4) is 11.8 Å². The van der Waals surface area contributed by atoms with Gasteiger partial charge in [0.2, 0.25) is 0 Å². The number of fused-ring (bicyclic) bond motifs is 1. The first-order valence-corrected chi connectivity index (χ1v) is 10.2. The molecule has 2 aromatic rings. The normalized spacial score (nSPS) is 25.8. The lowest BCUT2D eigenvalue weighted by atomic mass is 9.92. The third-order valence-corrected chi connectivity index (χ3v) is 5.97. The zero-order valence-electron chi connectivity index (χ0n) is 15.8. The molecular formula is C19H19N5O4S. The highest BCUT2D eigenvalue weighted by molar-refractivity contribution is 8.13. The van der Waals surface area contributed by atoms with Crippen LogP contribution in [-0.2, 0) is 0 Å². The monoisotopic (exact) mass is 413 g/mol. The van der Waals surface area contributed by atoms with Gasteiger partial charge in [0.15, 0.2) is 0 Å². The number of ether oxygens (including phenoxy) is 1. The Hall–Kier alpha value is -3.03. The Labute approximate surface area is 171 Å². The van der Waals surface area contributed by atoms with E-state index in [-0.39, 0.29) is 24.1 Å². The molecule has 0 radical (unpaired) electrons. The molecule has 0 amide bonds. The summed E-state index contributed by atoms with van der Waals surface area (Å²) >= 11 is 1.45. The van der Waals surface area contributed by atoms with Crippen LogP contribution < -0.4 is 10.1 Å². The van der Waals surface area contributed by atoms with E-state index in [2.05, 4.69) is 11.4 Å². The number of methoxy groups -OCH3 is 1. The molecule has 1 aromatic heterocycles. The van der Waals surface area contributed by atoms with E-state index in [0.717, 1.165) is 16.4 Å². The first-order valence-electron chi connectivity index (χ1n) is 9.00. The Kier molecular flexibility index (Phi) is 5.17. The van der Waals surface area contributed by atoms with Gasteiger partial charge in [0.25, 0.3) is 0 Å². The van der Waals surface area contributed by atoms with Crippen LogP contribution in [0.5, 0.6) is 5.75 Å². The number of rotatable bonds is 4. The number of benzene rings is 1. The largest absolute Gasteiger partial charge is 0.497 e. The van der Waals surface area contributed by atoms with Gasteiger partial charge in [-0.15, -0.1) is 11.8 Å². The van der Waals surface area contributed by atoms with Gasteiger partial charge in [0.1, 0.15) is 33.6 Å². The minimum absolute atomic E-state index is 0.123. The number of hydrazone groups is 1. The number of hydrogen-bond acceptors (Lipinski definition) is 9. The van der Waals surface area contributed by atoms with Crippen molar-refractivity contribution in [1.82, 2.24) is 10.3 Å². The van der Waals surface area contributed by atoms with E-state index in [4.69, 9.17) is 14.3 Å². The molecule has 0 spiro atoms. The molecule has 1 saturated heterocycles. The van der Waals surface area contributed by atoms with Crippen LogP contribution in [0.4, 0.5) is 5.88 Å². The highest BCUT2D eigenvalue weighted by Gasteiger charge is 2.46. The Morgan fingerprint density at radius 1 is 1.38 bits per heavy atom. The summed E-state index contributed by atoms with van der Waals surface area (Å²) in [7, 11) is 1.61. The molecule has 0 saturated carbocycles. The smallest absolute Gasteiger partial charge is 0.433 e. The number of furan rings is 1. The standard InChI is InChI=1S/C19H19N5O4S/c1-27-12-5-3-11(4-6-12)15-9-14(16-7-8-17(28-16)24(25)26)21-18-13(10-20)19(29-2)22-23(15)18/h3-8,13-15,18,21H,9H2,1-2H3. The van der Waals surface area contributed by atoms with Gasteiger partial charge in [0.05, 0.1) is 31.3 Å². The zero-order chi connectivity index (χ0) is 20.5. The fraction of sp³-hybridized carbons (Fsp3) is 0.368. The lowest BCUT2D eigenvalue weighted by Crippen LogP contribution is -2.52. The maximum Gasteiger partial charge on any atom is 0.433 e. The lowest BCUT2D eigenvalue weighted by Gasteiger charge is -2.41. The van der Waals surface area contributed by atoms with E-state index in [1.54, 1.807) is 13.2 Å². The van der Waals surface area contributed by atoms with Crippen molar-refractivity contribution in [3.05, 3.63) is 57.8 Å². The summed E-state index contributed by atoms with van der Waals surface area (Å²) in [6, 6.07) is 12.6. The predicted octanol–water partition coefficient (Wildman–Crippen LogP) is 3.43. The van der Waals surface area contributed by atoms with Crippen LogP contribution in [0.25, 0.3) is 0 Å². The molecule has 29 heavy (non-hydrogen) atoms. The first kappa shape index (κ1) is 19.3. The quantitative estimate of drug-likeness (QED) is 0.598. The van der Waals surface area contributed by atoms with Crippen LogP contribution in [0, 0.1) is 27.4 Å². The molecule has 1 N–H and O–H groups in total. The van der Waals surface area contributed by atoms with E-state index in [0.29, 0.717) is 12.2 Å². The van der Waals surface area contributed by atoms with Gasteiger partial charge in [-0.1, -0.05) is 12.1 Å². The van der Waals surface area contributed by atoms with Gasteiger partial charge in [-0.05, 0) is 36.4 Å². The average Bonchev–Trinajstić information content (AvgIpc) is 3.37. The van der Waals surface area contributed by atoms with E-state index < -0.39 is 10.8 Å².